The second kappa shape index (κ2) is 7.88. The van der Waals surface area contributed by atoms with Crippen molar-refractivity contribution < 1.29 is 19.7 Å². The van der Waals surface area contributed by atoms with Gasteiger partial charge in [0.1, 0.15) is 0 Å². The molecule has 2 aromatic rings. The third kappa shape index (κ3) is 5.10. The minimum Gasteiger partial charge on any atom is -0.258 e. The first-order chi connectivity index (χ1) is 11.2. The summed E-state index contributed by atoms with van der Waals surface area (Å²) < 4.78 is 0. The molecular formula is C12H8N4O8. The van der Waals surface area contributed by atoms with E-state index in [1.165, 1.54) is 36.4 Å². The van der Waals surface area contributed by atoms with Crippen LogP contribution < -0.4 is 0 Å². The minimum atomic E-state index is -0.674. The van der Waals surface area contributed by atoms with Gasteiger partial charge < -0.3 is 0 Å². The van der Waals surface area contributed by atoms with E-state index in [9.17, 15) is 40.5 Å². The SMILES string of the molecule is O=[N+]([O-])c1cccc([N+](=O)[O-])c1.O=[N+]([O-])c1cccc([N+](=O)[O-])c1. The van der Waals surface area contributed by atoms with Crippen molar-refractivity contribution >= 4 is 22.7 Å². The van der Waals surface area contributed by atoms with E-state index in [0.717, 1.165) is 12.1 Å². The zero-order valence-electron chi connectivity index (χ0n) is 11.7. The second-order valence-electron chi connectivity index (χ2n) is 4.07. The molecule has 0 radical (unpaired) electrons. The summed E-state index contributed by atoms with van der Waals surface area (Å²) in [5, 5.41) is 40.6. The lowest BCUT2D eigenvalue weighted by Gasteiger charge is -1.90. The third-order valence-electron chi connectivity index (χ3n) is 2.50. The summed E-state index contributed by atoms with van der Waals surface area (Å²) in [5.74, 6) is 0. The molecule has 0 N–H and O–H groups in total. The summed E-state index contributed by atoms with van der Waals surface area (Å²) in [5.41, 5.74) is -1.10. The second-order valence-corrected chi connectivity index (χ2v) is 4.07. The smallest absolute Gasteiger partial charge is 0.258 e. The van der Waals surface area contributed by atoms with Gasteiger partial charge in [-0.1, -0.05) is 0 Å². The molecule has 0 fully saturated rings. The summed E-state index contributed by atoms with van der Waals surface area (Å²) in [7, 11) is 0. The first kappa shape index (κ1) is 18.1. The van der Waals surface area contributed by atoms with Crippen molar-refractivity contribution in [3.8, 4) is 0 Å². The van der Waals surface area contributed by atoms with Gasteiger partial charge >= 0.3 is 0 Å². The van der Waals surface area contributed by atoms with Crippen molar-refractivity contribution in [3.63, 3.8) is 0 Å². The van der Waals surface area contributed by atoms with Crippen LogP contribution in [0.5, 0.6) is 0 Å². The van der Waals surface area contributed by atoms with Gasteiger partial charge in [-0.2, -0.15) is 0 Å². The van der Waals surface area contributed by atoms with E-state index in [2.05, 4.69) is 0 Å². The number of benzene rings is 2. The molecule has 0 saturated heterocycles. The van der Waals surface area contributed by atoms with E-state index in [0.29, 0.717) is 0 Å². The van der Waals surface area contributed by atoms with Gasteiger partial charge in [-0.3, -0.25) is 40.5 Å². The Morgan fingerprint density at radius 2 is 0.708 bits per heavy atom. The van der Waals surface area contributed by atoms with Crippen molar-refractivity contribution in [2.75, 3.05) is 0 Å². The molecule has 0 amide bonds. The number of nitro benzene ring substituents is 4. The molecule has 0 atom stereocenters. The molecule has 0 aliphatic rings. The summed E-state index contributed by atoms with van der Waals surface area (Å²) in [6.45, 7) is 0. The van der Waals surface area contributed by atoms with Gasteiger partial charge in [-0.25, -0.2) is 0 Å². The highest BCUT2D eigenvalue weighted by atomic mass is 16.6. The molecular weight excluding hydrogens is 328 g/mol. The van der Waals surface area contributed by atoms with Gasteiger partial charge in [0.05, 0.1) is 31.8 Å². The highest BCUT2D eigenvalue weighted by Crippen LogP contribution is 2.19. The number of hydrogen-bond donors (Lipinski definition) is 0. The standard InChI is InChI=1S/2C6H4N2O4/c2*9-7(10)5-2-1-3-6(4-5)8(11)12/h2*1-4H. The Hall–Kier alpha value is -3.96. The fourth-order valence-corrected chi connectivity index (χ4v) is 1.44. The summed E-state index contributed by atoms with van der Waals surface area (Å²) in [6.07, 6.45) is 0. The molecule has 0 aromatic heterocycles. The molecule has 0 aliphatic carbocycles. The fourth-order valence-electron chi connectivity index (χ4n) is 1.44. The van der Waals surface area contributed by atoms with Crippen LogP contribution in [0.3, 0.4) is 0 Å². The average molecular weight is 336 g/mol. The van der Waals surface area contributed by atoms with Crippen molar-refractivity contribution in [2.24, 2.45) is 0 Å². The lowest BCUT2D eigenvalue weighted by Crippen LogP contribution is -1.91. The Balaban J connectivity index is 0.000000240. The Labute approximate surface area is 132 Å². The van der Waals surface area contributed by atoms with Crippen molar-refractivity contribution in [2.45, 2.75) is 0 Å². The Morgan fingerprint density at radius 3 is 0.875 bits per heavy atom. The Morgan fingerprint density at radius 1 is 0.500 bits per heavy atom. The van der Waals surface area contributed by atoms with Crippen LogP contribution in [-0.2, 0) is 0 Å². The number of rotatable bonds is 4. The zero-order valence-corrected chi connectivity index (χ0v) is 11.7. The normalized spacial score (nSPS) is 9.33. The van der Waals surface area contributed by atoms with Crippen LogP contribution >= 0.6 is 0 Å². The van der Waals surface area contributed by atoms with Gasteiger partial charge in [0.15, 0.2) is 0 Å². The van der Waals surface area contributed by atoms with Gasteiger partial charge in [0, 0.05) is 24.3 Å². The van der Waals surface area contributed by atoms with Crippen LogP contribution in [0.2, 0.25) is 0 Å². The average Bonchev–Trinajstić information content (AvgIpc) is 2.55. The van der Waals surface area contributed by atoms with E-state index in [1.807, 2.05) is 0 Å². The lowest BCUT2D eigenvalue weighted by atomic mass is 10.3. The molecule has 0 bridgehead atoms. The van der Waals surface area contributed by atoms with Gasteiger partial charge in [-0.15, -0.1) is 0 Å². The highest BCUT2D eigenvalue weighted by Gasteiger charge is 2.12. The molecule has 0 aliphatic heterocycles. The first-order valence-electron chi connectivity index (χ1n) is 6.00. The van der Waals surface area contributed by atoms with E-state index in [-0.39, 0.29) is 22.7 Å². The number of nitrogens with zero attached hydrogens (tertiary/aromatic N) is 4. The maximum absolute atomic E-state index is 10.2. The Kier molecular flexibility index (Phi) is 5.94. The van der Waals surface area contributed by atoms with E-state index >= 15 is 0 Å². The number of hydrogen-bond acceptors (Lipinski definition) is 8. The maximum Gasteiger partial charge on any atom is 0.276 e. The van der Waals surface area contributed by atoms with Crippen LogP contribution in [0.15, 0.2) is 48.5 Å². The summed E-state index contributed by atoms with van der Waals surface area (Å²) >= 11 is 0. The minimum absolute atomic E-state index is 0.274. The van der Waals surface area contributed by atoms with Crippen molar-refractivity contribution in [3.05, 3.63) is 89.0 Å². The molecule has 0 saturated carbocycles. The molecule has 12 heteroatoms. The monoisotopic (exact) mass is 336 g/mol. The quantitative estimate of drug-likeness (QED) is 0.604. The molecule has 2 aromatic carbocycles. The first-order valence-corrected chi connectivity index (χ1v) is 6.00. The molecule has 0 heterocycles. The van der Waals surface area contributed by atoms with Gasteiger partial charge in [0.2, 0.25) is 0 Å². The third-order valence-corrected chi connectivity index (χ3v) is 2.50. The topological polar surface area (TPSA) is 173 Å². The largest absolute Gasteiger partial charge is 0.276 e. The maximum atomic E-state index is 10.2. The summed E-state index contributed by atoms with van der Waals surface area (Å²) in [4.78, 5) is 37.9. The lowest BCUT2D eigenvalue weighted by molar-refractivity contribution is -0.394. The molecule has 0 spiro atoms. The van der Waals surface area contributed by atoms with Crippen molar-refractivity contribution in [1.82, 2.24) is 0 Å². The van der Waals surface area contributed by atoms with E-state index in [4.69, 9.17) is 0 Å². The molecule has 24 heavy (non-hydrogen) atoms. The Bertz CT molecular complexity index is 681. The van der Waals surface area contributed by atoms with Crippen LogP contribution in [0.25, 0.3) is 0 Å². The van der Waals surface area contributed by atoms with Crippen LogP contribution in [-0.4, -0.2) is 19.7 Å². The number of nitro groups is 4. The van der Waals surface area contributed by atoms with Crippen LogP contribution in [0.1, 0.15) is 0 Å². The van der Waals surface area contributed by atoms with Gasteiger partial charge in [-0.05, 0) is 12.1 Å². The van der Waals surface area contributed by atoms with Crippen LogP contribution in [0.4, 0.5) is 22.7 Å². The predicted octanol–water partition coefficient (Wildman–Crippen LogP) is 3.01. The van der Waals surface area contributed by atoms with Crippen LogP contribution in [0, 0.1) is 40.5 Å². The fraction of sp³-hybridized carbons (Fsp3) is 0. The number of non-ortho nitro benzene ring substituents is 4. The highest BCUT2D eigenvalue weighted by molar-refractivity contribution is 5.42. The summed E-state index contributed by atoms with van der Waals surface area (Å²) in [6, 6.07) is 9.19. The van der Waals surface area contributed by atoms with Crippen molar-refractivity contribution in [1.29, 1.82) is 0 Å². The molecule has 12 nitrogen and oxygen atoms in total. The van der Waals surface area contributed by atoms with E-state index in [1.54, 1.807) is 0 Å². The molecule has 2 rings (SSSR count). The zero-order chi connectivity index (χ0) is 18.3. The predicted molar refractivity (Wildman–Crippen MR) is 79.5 cm³/mol. The molecule has 124 valence electrons. The van der Waals surface area contributed by atoms with E-state index < -0.39 is 19.7 Å². The van der Waals surface area contributed by atoms with Gasteiger partial charge in [0.25, 0.3) is 22.7 Å². The molecule has 0 unspecified atom stereocenters.